The Labute approximate surface area is 263 Å². The van der Waals surface area contributed by atoms with Gasteiger partial charge in [0, 0.05) is 57.2 Å². The van der Waals surface area contributed by atoms with Gasteiger partial charge in [-0.1, -0.05) is 85.8 Å². The normalized spacial score (nSPS) is 38.2. The minimum Gasteiger partial charge on any atom is -0.462 e. The van der Waals surface area contributed by atoms with Crippen LogP contribution in [0.5, 0.6) is 0 Å². The van der Waals surface area contributed by atoms with E-state index in [0.29, 0.717) is 6.42 Å². The van der Waals surface area contributed by atoms with Crippen LogP contribution in [-0.2, 0) is 28.6 Å². The largest absolute Gasteiger partial charge is 0.462 e. The molecule has 1 N–H and O–H groups in total. The van der Waals surface area contributed by atoms with Crippen LogP contribution in [-0.4, -0.2) is 49.3 Å². The molecule has 44 heavy (non-hydrogen) atoms. The molecule has 1 fully saturated rings. The molecule has 240 valence electrons. The molecule has 1 amide bonds. The molecule has 0 spiro atoms. The van der Waals surface area contributed by atoms with Crippen molar-refractivity contribution >= 4 is 17.8 Å². The summed E-state index contributed by atoms with van der Waals surface area (Å²) in [5.41, 5.74) is 2.67. The average Bonchev–Trinajstić information content (AvgIpc) is 2.93. The molecule has 0 aromatic heterocycles. The SMILES string of the molecule is CO[C@@H]1C[C@H](OC(C)=O)[C@@H]2C=C[C@@H]3/C=C(C)/C=C/[C@@H](C)[C@H](/C(C)=C/[C@@H](C)NC(C)=O)OC(=O)/C=C/C=C(C)\C=C\[C@]3(C)[C@@H]2C1. The fourth-order valence-electron chi connectivity index (χ4n) is 6.86. The lowest BCUT2D eigenvalue weighted by Crippen LogP contribution is -2.50. The highest BCUT2D eigenvalue weighted by Crippen LogP contribution is 2.53. The number of hydrogen-bond donors (Lipinski definition) is 1. The highest BCUT2D eigenvalue weighted by atomic mass is 16.5. The number of fused-ring (bicyclic) bond motifs is 3. The molecule has 0 saturated heterocycles. The molecule has 0 bridgehead atoms. The Hall–Kier alpha value is -3.45. The first-order valence-electron chi connectivity index (χ1n) is 15.7. The molecule has 3 rings (SSSR count). The van der Waals surface area contributed by atoms with Crippen LogP contribution in [0, 0.1) is 29.1 Å². The van der Waals surface area contributed by atoms with Crippen LogP contribution in [0.15, 0.2) is 83.6 Å². The predicted octanol–water partition coefficient (Wildman–Crippen LogP) is 6.75. The first-order chi connectivity index (χ1) is 20.7. The fourth-order valence-corrected chi connectivity index (χ4v) is 6.86. The number of cyclic esters (lactones) is 1. The van der Waals surface area contributed by atoms with E-state index in [0.717, 1.165) is 23.1 Å². The number of allylic oxidation sites excluding steroid dienone is 9. The van der Waals surface area contributed by atoms with Gasteiger partial charge in [-0.05, 0) is 51.0 Å². The summed E-state index contributed by atoms with van der Waals surface area (Å²) in [6.07, 6.45) is 23.1. The summed E-state index contributed by atoms with van der Waals surface area (Å²) < 4.78 is 17.6. The number of hydrogen-bond acceptors (Lipinski definition) is 6. The van der Waals surface area contributed by atoms with Crippen LogP contribution >= 0.6 is 0 Å². The van der Waals surface area contributed by atoms with Gasteiger partial charge in [0.05, 0.1) is 6.10 Å². The van der Waals surface area contributed by atoms with E-state index >= 15 is 0 Å². The lowest BCUT2D eigenvalue weighted by molar-refractivity contribution is -0.158. The van der Waals surface area contributed by atoms with Crippen molar-refractivity contribution in [2.45, 2.75) is 92.6 Å². The molecule has 2 aliphatic carbocycles. The second-order valence-corrected chi connectivity index (χ2v) is 12.9. The zero-order chi connectivity index (χ0) is 32.6. The highest BCUT2D eigenvalue weighted by molar-refractivity contribution is 5.82. The standard InChI is InChI=1S/C37H51NO6/c1-23-11-10-12-35(41)44-36(26(4)20-27(5)38-28(6)39)25(3)14-13-24(2)19-30-15-16-32-33(37(30,8)18-17-23)21-31(42-9)22-34(32)43-29(7)40/h10-20,25,27,30-34,36H,21-22H2,1-9H3,(H,38,39)/b12-10+,14-13+,18-17+,23-11-,24-19+,26-20+/t25-,27-,30-,31+,32-,33-,34+,36-,37+/m1/s1. The number of ether oxygens (including phenoxy) is 3. The van der Waals surface area contributed by atoms with Gasteiger partial charge in [0.25, 0.3) is 0 Å². The third-order valence-corrected chi connectivity index (χ3v) is 9.13. The second kappa shape index (κ2) is 15.5. The number of esters is 2. The van der Waals surface area contributed by atoms with E-state index in [2.05, 4.69) is 61.7 Å². The molecule has 0 aromatic carbocycles. The van der Waals surface area contributed by atoms with Crippen molar-refractivity contribution in [1.29, 1.82) is 0 Å². The van der Waals surface area contributed by atoms with E-state index in [9.17, 15) is 14.4 Å². The summed E-state index contributed by atoms with van der Waals surface area (Å²) in [7, 11) is 1.73. The molecule has 0 unspecified atom stereocenters. The molecule has 1 saturated carbocycles. The summed E-state index contributed by atoms with van der Waals surface area (Å²) in [4.78, 5) is 36.5. The lowest BCUT2D eigenvalue weighted by atomic mass is 9.55. The third kappa shape index (κ3) is 9.28. The maximum absolute atomic E-state index is 12.9. The third-order valence-electron chi connectivity index (χ3n) is 9.13. The molecule has 1 heterocycles. The lowest BCUT2D eigenvalue weighted by Gasteiger charge is -2.52. The van der Waals surface area contributed by atoms with Gasteiger partial charge in [-0.3, -0.25) is 9.59 Å². The maximum atomic E-state index is 12.9. The van der Waals surface area contributed by atoms with E-state index in [4.69, 9.17) is 14.2 Å². The molecule has 0 radical (unpaired) electrons. The zero-order valence-corrected chi connectivity index (χ0v) is 27.8. The van der Waals surface area contributed by atoms with Crippen molar-refractivity contribution in [2.24, 2.45) is 29.1 Å². The topological polar surface area (TPSA) is 90.9 Å². The number of carbonyl (C=O) groups excluding carboxylic acids is 3. The number of amides is 1. The van der Waals surface area contributed by atoms with E-state index in [1.54, 1.807) is 13.2 Å². The molecule has 7 nitrogen and oxygen atoms in total. The van der Waals surface area contributed by atoms with Crippen LogP contribution in [0.4, 0.5) is 0 Å². The quantitative estimate of drug-likeness (QED) is 0.276. The number of carbonyl (C=O) groups is 3. The van der Waals surface area contributed by atoms with Crippen LogP contribution in [0.2, 0.25) is 0 Å². The number of rotatable bonds is 5. The zero-order valence-electron chi connectivity index (χ0n) is 27.8. The highest BCUT2D eigenvalue weighted by Gasteiger charge is 2.50. The fraction of sp³-hybridized carbons (Fsp3) is 0.541. The van der Waals surface area contributed by atoms with Crippen LogP contribution < -0.4 is 5.32 Å². The van der Waals surface area contributed by atoms with E-state index < -0.39 is 12.1 Å². The summed E-state index contributed by atoms with van der Waals surface area (Å²) in [5.74, 6) is -0.578. The monoisotopic (exact) mass is 605 g/mol. The maximum Gasteiger partial charge on any atom is 0.331 e. The Morgan fingerprint density at radius 3 is 2.45 bits per heavy atom. The summed E-state index contributed by atoms with van der Waals surface area (Å²) in [6, 6.07) is -0.199. The molecule has 9 atom stereocenters. The van der Waals surface area contributed by atoms with Gasteiger partial charge >= 0.3 is 11.9 Å². The van der Waals surface area contributed by atoms with Crippen molar-refractivity contribution in [3.05, 3.63) is 83.6 Å². The summed E-state index contributed by atoms with van der Waals surface area (Å²) in [5, 5.41) is 2.87. The van der Waals surface area contributed by atoms with Crippen LogP contribution in [0.3, 0.4) is 0 Å². The summed E-state index contributed by atoms with van der Waals surface area (Å²) in [6.45, 7) is 15.2. The first kappa shape index (κ1) is 35.0. The van der Waals surface area contributed by atoms with Gasteiger partial charge in [-0.15, -0.1) is 0 Å². The minimum atomic E-state index is -0.502. The van der Waals surface area contributed by atoms with Gasteiger partial charge in [0.15, 0.2) is 0 Å². The van der Waals surface area contributed by atoms with Crippen molar-refractivity contribution < 1.29 is 28.6 Å². The van der Waals surface area contributed by atoms with Gasteiger partial charge < -0.3 is 19.5 Å². The van der Waals surface area contributed by atoms with E-state index in [1.807, 2.05) is 39.8 Å². The van der Waals surface area contributed by atoms with Crippen LogP contribution in [0.25, 0.3) is 0 Å². The minimum absolute atomic E-state index is 0.00340. The van der Waals surface area contributed by atoms with Crippen molar-refractivity contribution in [3.8, 4) is 0 Å². The molecule has 3 aliphatic rings. The van der Waals surface area contributed by atoms with Crippen molar-refractivity contribution in [2.75, 3.05) is 7.11 Å². The number of nitrogens with one attached hydrogen (secondary N) is 1. The number of methoxy groups -OCH3 is 1. The van der Waals surface area contributed by atoms with Gasteiger partial charge in [-0.2, -0.15) is 0 Å². The first-order valence-corrected chi connectivity index (χ1v) is 15.7. The Kier molecular flexibility index (Phi) is 12.4. The average molecular weight is 606 g/mol. The Balaban J connectivity index is 2.07. The Morgan fingerprint density at radius 1 is 1.07 bits per heavy atom. The van der Waals surface area contributed by atoms with Crippen LogP contribution in [0.1, 0.15) is 68.2 Å². The van der Waals surface area contributed by atoms with Gasteiger partial charge in [-0.25, -0.2) is 4.79 Å². The second-order valence-electron chi connectivity index (χ2n) is 12.9. The van der Waals surface area contributed by atoms with Gasteiger partial charge in [0.2, 0.25) is 5.91 Å². The molecular weight excluding hydrogens is 554 g/mol. The van der Waals surface area contributed by atoms with Gasteiger partial charge in [0.1, 0.15) is 12.2 Å². The molecule has 0 aromatic rings. The van der Waals surface area contributed by atoms with Crippen molar-refractivity contribution in [1.82, 2.24) is 5.32 Å². The predicted molar refractivity (Wildman–Crippen MR) is 174 cm³/mol. The Bertz CT molecular complexity index is 1280. The smallest absolute Gasteiger partial charge is 0.331 e. The summed E-state index contributed by atoms with van der Waals surface area (Å²) >= 11 is 0. The molecular formula is C37H51NO6. The van der Waals surface area contributed by atoms with Crippen molar-refractivity contribution in [3.63, 3.8) is 0 Å². The van der Waals surface area contributed by atoms with E-state index in [-0.39, 0.29) is 59.2 Å². The molecule has 7 heteroatoms. The Morgan fingerprint density at radius 2 is 1.80 bits per heavy atom. The molecule has 1 aliphatic heterocycles. The van der Waals surface area contributed by atoms with E-state index in [1.165, 1.54) is 19.9 Å².